The molecule has 0 fully saturated rings. The molecule has 0 spiro atoms. The molecule has 31 heavy (non-hydrogen) atoms. The van der Waals surface area contributed by atoms with E-state index < -0.39 is 15.9 Å². The van der Waals surface area contributed by atoms with E-state index in [9.17, 15) is 13.2 Å². The first kappa shape index (κ1) is 22.7. The molecular weight excluding hydrogens is 436 g/mol. The molecule has 0 aliphatic heterocycles. The quantitative estimate of drug-likeness (QED) is 0.549. The van der Waals surface area contributed by atoms with Crippen molar-refractivity contribution in [3.8, 4) is 5.75 Å². The molecule has 0 radical (unpaired) electrons. The van der Waals surface area contributed by atoms with Crippen LogP contribution in [0.1, 0.15) is 11.1 Å². The number of methoxy groups -OCH3 is 1. The van der Waals surface area contributed by atoms with Crippen LogP contribution >= 0.6 is 11.6 Å². The Balaban J connectivity index is 1.85. The molecule has 6 nitrogen and oxygen atoms in total. The number of carbonyl (C=O) groups excluding carboxylic acids is 1. The van der Waals surface area contributed by atoms with Gasteiger partial charge in [0.05, 0.1) is 17.7 Å². The zero-order chi connectivity index (χ0) is 22.4. The normalized spacial score (nSPS) is 11.1. The van der Waals surface area contributed by atoms with Gasteiger partial charge in [0.1, 0.15) is 12.3 Å². The number of rotatable bonds is 8. The molecule has 0 bridgehead atoms. The maximum atomic E-state index is 13.3. The maximum Gasteiger partial charge on any atom is 0.264 e. The molecule has 0 saturated carbocycles. The fourth-order valence-corrected chi connectivity index (χ4v) is 4.54. The van der Waals surface area contributed by atoms with Gasteiger partial charge in [-0.2, -0.15) is 0 Å². The van der Waals surface area contributed by atoms with E-state index in [0.29, 0.717) is 16.5 Å². The summed E-state index contributed by atoms with van der Waals surface area (Å²) in [5, 5.41) is 3.20. The van der Waals surface area contributed by atoms with Crippen molar-refractivity contribution in [2.75, 3.05) is 18.0 Å². The summed E-state index contributed by atoms with van der Waals surface area (Å²) < 4.78 is 33.0. The molecular formula is C23H23ClN2O4S. The van der Waals surface area contributed by atoms with Gasteiger partial charge in [-0.25, -0.2) is 8.42 Å². The number of benzene rings is 3. The number of anilines is 1. The van der Waals surface area contributed by atoms with Crippen LogP contribution in [0.4, 0.5) is 5.69 Å². The van der Waals surface area contributed by atoms with Gasteiger partial charge in [-0.05, 0) is 49.4 Å². The number of sulfonamides is 1. The molecule has 3 aromatic rings. The van der Waals surface area contributed by atoms with Crippen molar-refractivity contribution < 1.29 is 17.9 Å². The second kappa shape index (κ2) is 9.85. The first-order chi connectivity index (χ1) is 14.8. The van der Waals surface area contributed by atoms with Gasteiger partial charge in [0, 0.05) is 17.1 Å². The standard InChI is InChI=1S/C23H23ClN2O4S/c1-17-7-11-20(12-8-17)26(31(28,29)21-13-9-19(24)10-14-21)16-23(27)25-15-18-5-3-4-6-22(18)30-2/h3-14H,15-16H2,1-2H3,(H,25,27). The summed E-state index contributed by atoms with van der Waals surface area (Å²) in [4.78, 5) is 12.8. The van der Waals surface area contributed by atoms with Gasteiger partial charge in [0.15, 0.2) is 0 Å². The van der Waals surface area contributed by atoms with Crippen molar-refractivity contribution >= 4 is 33.2 Å². The number of halogens is 1. The minimum atomic E-state index is -3.99. The number of nitrogens with one attached hydrogen (secondary N) is 1. The first-order valence-corrected chi connectivity index (χ1v) is 11.4. The summed E-state index contributed by atoms with van der Waals surface area (Å²) in [7, 11) is -2.43. The fourth-order valence-electron chi connectivity index (χ4n) is 2.99. The summed E-state index contributed by atoms with van der Waals surface area (Å²) >= 11 is 5.90. The van der Waals surface area contributed by atoms with Crippen molar-refractivity contribution in [3.63, 3.8) is 0 Å². The number of aryl methyl sites for hydroxylation is 1. The zero-order valence-corrected chi connectivity index (χ0v) is 18.8. The van der Waals surface area contributed by atoms with Gasteiger partial charge in [0.25, 0.3) is 10.0 Å². The predicted octanol–water partition coefficient (Wildman–Crippen LogP) is 4.17. The number of nitrogens with zero attached hydrogens (tertiary/aromatic N) is 1. The zero-order valence-electron chi connectivity index (χ0n) is 17.2. The molecule has 162 valence electrons. The lowest BCUT2D eigenvalue weighted by atomic mass is 10.2. The Hall–Kier alpha value is -3.03. The number of ether oxygens (including phenoxy) is 1. The lowest BCUT2D eigenvalue weighted by molar-refractivity contribution is -0.119. The largest absolute Gasteiger partial charge is 0.496 e. The third kappa shape index (κ3) is 5.57. The van der Waals surface area contributed by atoms with E-state index in [1.54, 1.807) is 37.4 Å². The monoisotopic (exact) mass is 458 g/mol. The third-order valence-corrected chi connectivity index (χ3v) is 6.72. The van der Waals surface area contributed by atoms with Crippen LogP contribution in [0.2, 0.25) is 5.02 Å². The number of hydrogen-bond donors (Lipinski definition) is 1. The Kier molecular flexibility index (Phi) is 7.20. The van der Waals surface area contributed by atoms with Gasteiger partial charge < -0.3 is 10.1 Å². The van der Waals surface area contributed by atoms with Crippen molar-refractivity contribution in [3.05, 3.63) is 88.9 Å². The van der Waals surface area contributed by atoms with Crippen LogP contribution in [0.3, 0.4) is 0 Å². The number of para-hydroxylation sites is 1. The minimum Gasteiger partial charge on any atom is -0.496 e. The second-order valence-electron chi connectivity index (χ2n) is 6.89. The number of hydrogen-bond acceptors (Lipinski definition) is 4. The van der Waals surface area contributed by atoms with Gasteiger partial charge in [-0.3, -0.25) is 9.10 Å². The van der Waals surface area contributed by atoms with Crippen LogP contribution in [0.5, 0.6) is 5.75 Å². The topological polar surface area (TPSA) is 75.7 Å². The molecule has 8 heteroatoms. The second-order valence-corrected chi connectivity index (χ2v) is 9.19. The Labute approximate surface area is 187 Å². The van der Waals surface area contributed by atoms with E-state index in [-0.39, 0.29) is 18.0 Å². The smallest absolute Gasteiger partial charge is 0.264 e. The number of carbonyl (C=O) groups is 1. The average molecular weight is 459 g/mol. The van der Waals surface area contributed by atoms with E-state index in [4.69, 9.17) is 16.3 Å². The van der Waals surface area contributed by atoms with Gasteiger partial charge in [-0.15, -0.1) is 0 Å². The van der Waals surface area contributed by atoms with Crippen LogP contribution in [0.15, 0.2) is 77.7 Å². The number of amides is 1. The van der Waals surface area contributed by atoms with Crippen LogP contribution in [0.25, 0.3) is 0 Å². The maximum absolute atomic E-state index is 13.3. The molecule has 1 amide bonds. The summed E-state index contributed by atoms with van der Waals surface area (Å²) in [6.45, 7) is 1.75. The van der Waals surface area contributed by atoms with E-state index in [1.807, 2.05) is 25.1 Å². The molecule has 0 aromatic heterocycles. The molecule has 0 saturated heterocycles. The van der Waals surface area contributed by atoms with Crippen LogP contribution in [0, 0.1) is 6.92 Å². The van der Waals surface area contributed by atoms with Crippen molar-refractivity contribution in [1.29, 1.82) is 0 Å². The molecule has 0 unspecified atom stereocenters. The highest BCUT2D eigenvalue weighted by Crippen LogP contribution is 2.25. The molecule has 3 rings (SSSR count). The Morgan fingerprint density at radius 1 is 1.00 bits per heavy atom. The highest BCUT2D eigenvalue weighted by atomic mass is 35.5. The lowest BCUT2D eigenvalue weighted by Gasteiger charge is -2.24. The summed E-state index contributed by atoms with van der Waals surface area (Å²) in [6.07, 6.45) is 0. The van der Waals surface area contributed by atoms with Gasteiger partial charge in [-0.1, -0.05) is 47.5 Å². The van der Waals surface area contributed by atoms with Crippen LogP contribution < -0.4 is 14.4 Å². The van der Waals surface area contributed by atoms with E-state index >= 15 is 0 Å². The molecule has 0 aliphatic rings. The Morgan fingerprint density at radius 2 is 1.65 bits per heavy atom. The van der Waals surface area contributed by atoms with E-state index in [2.05, 4.69) is 5.32 Å². The molecule has 0 atom stereocenters. The first-order valence-electron chi connectivity index (χ1n) is 9.55. The van der Waals surface area contributed by atoms with Gasteiger partial charge >= 0.3 is 0 Å². The summed E-state index contributed by atoms with van der Waals surface area (Å²) in [6, 6.07) is 20.1. The lowest BCUT2D eigenvalue weighted by Crippen LogP contribution is -2.40. The third-order valence-electron chi connectivity index (χ3n) is 4.68. The Bertz CT molecular complexity index is 1150. The summed E-state index contributed by atoms with van der Waals surface area (Å²) in [5.74, 6) is 0.205. The SMILES string of the molecule is COc1ccccc1CNC(=O)CN(c1ccc(C)cc1)S(=O)(=O)c1ccc(Cl)cc1. The van der Waals surface area contributed by atoms with Crippen molar-refractivity contribution in [2.45, 2.75) is 18.4 Å². The van der Waals surface area contributed by atoms with Crippen molar-refractivity contribution in [1.82, 2.24) is 5.32 Å². The van der Waals surface area contributed by atoms with Crippen LogP contribution in [-0.4, -0.2) is 28.0 Å². The highest BCUT2D eigenvalue weighted by Gasteiger charge is 2.27. The Morgan fingerprint density at radius 3 is 2.29 bits per heavy atom. The fraction of sp³-hybridized carbons (Fsp3) is 0.174. The molecule has 1 N–H and O–H groups in total. The average Bonchev–Trinajstić information content (AvgIpc) is 2.77. The van der Waals surface area contributed by atoms with Crippen LogP contribution in [-0.2, 0) is 21.4 Å². The van der Waals surface area contributed by atoms with Gasteiger partial charge in [0.2, 0.25) is 5.91 Å². The minimum absolute atomic E-state index is 0.0509. The van der Waals surface area contributed by atoms with E-state index in [0.717, 1.165) is 15.4 Å². The predicted molar refractivity (Wildman–Crippen MR) is 122 cm³/mol. The van der Waals surface area contributed by atoms with E-state index in [1.165, 1.54) is 24.3 Å². The summed E-state index contributed by atoms with van der Waals surface area (Å²) in [5.41, 5.74) is 2.17. The highest BCUT2D eigenvalue weighted by molar-refractivity contribution is 7.92. The van der Waals surface area contributed by atoms with Crippen molar-refractivity contribution in [2.24, 2.45) is 0 Å². The molecule has 0 heterocycles. The molecule has 3 aromatic carbocycles. The molecule has 0 aliphatic carbocycles.